The van der Waals surface area contributed by atoms with Crippen molar-refractivity contribution in [3.05, 3.63) is 94.3 Å². The first-order valence-electron chi connectivity index (χ1n) is 9.09. The molecule has 0 saturated heterocycles. The number of nitrogens with one attached hydrogen (secondary N) is 1. The minimum atomic E-state index is -0.368. The number of ether oxygens (including phenoxy) is 2. The van der Waals surface area contributed by atoms with Crippen molar-refractivity contribution in [2.75, 3.05) is 7.11 Å². The summed E-state index contributed by atoms with van der Waals surface area (Å²) in [5, 5.41) is 3.85. The van der Waals surface area contributed by atoms with E-state index in [-0.39, 0.29) is 18.5 Å². The molecule has 0 aromatic heterocycles. The molecule has 5 heteroatoms. The van der Waals surface area contributed by atoms with Crippen LogP contribution >= 0.6 is 11.6 Å². The van der Waals surface area contributed by atoms with Gasteiger partial charge in [0.1, 0.15) is 12.4 Å². The molecule has 0 aliphatic heterocycles. The Morgan fingerprint density at radius 3 is 2.50 bits per heavy atom. The highest BCUT2D eigenvalue weighted by Crippen LogP contribution is 2.30. The van der Waals surface area contributed by atoms with Gasteiger partial charge in [0.05, 0.1) is 12.1 Å². The van der Waals surface area contributed by atoms with Crippen LogP contribution < -0.4 is 14.8 Å². The van der Waals surface area contributed by atoms with E-state index in [0.717, 1.165) is 5.56 Å². The summed E-state index contributed by atoms with van der Waals surface area (Å²) in [6, 6.07) is 20.6. The van der Waals surface area contributed by atoms with Gasteiger partial charge in [0.25, 0.3) is 0 Å². The largest absolute Gasteiger partial charge is 0.493 e. The summed E-state index contributed by atoms with van der Waals surface area (Å²) in [7, 11) is 1.61. The number of hydrogen-bond acceptors (Lipinski definition) is 3. The van der Waals surface area contributed by atoms with Crippen LogP contribution in [0.4, 0.5) is 4.39 Å². The summed E-state index contributed by atoms with van der Waals surface area (Å²) in [5.41, 5.74) is 3.05. The molecule has 0 fully saturated rings. The monoisotopic (exact) mass is 399 g/mol. The highest BCUT2D eigenvalue weighted by atomic mass is 35.5. The molecule has 1 unspecified atom stereocenters. The summed E-state index contributed by atoms with van der Waals surface area (Å²) in [6.45, 7) is 3.07. The predicted octanol–water partition coefficient (Wildman–Crippen LogP) is 5.92. The first-order valence-corrected chi connectivity index (χ1v) is 9.46. The molecule has 0 heterocycles. The van der Waals surface area contributed by atoms with Crippen molar-refractivity contribution in [2.24, 2.45) is 0 Å². The second-order valence-corrected chi connectivity index (χ2v) is 6.93. The molecule has 3 aromatic carbocycles. The van der Waals surface area contributed by atoms with Crippen LogP contribution in [0.15, 0.2) is 66.7 Å². The summed E-state index contributed by atoms with van der Waals surface area (Å²) >= 11 is 6.06. The Labute approximate surface area is 170 Å². The van der Waals surface area contributed by atoms with Crippen LogP contribution in [0.1, 0.15) is 29.7 Å². The Balaban J connectivity index is 1.63. The molecular weight excluding hydrogens is 377 g/mol. The van der Waals surface area contributed by atoms with Gasteiger partial charge in [-0.3, -0.25) is 0 Å². The van der Waals surface area contributed by atoms with Crippen molar-refractivity contribution in [3.63, 3.8) is 0 Å². The molecule has 3 rings (SSSR count). The summed E-state index contributed by atoms with van der Waals surface area (Å²) in [4.78, 5) is 0. The van der Waals surface area contributed by atoms with E-state index in [1.165, 1.54) is 17.7 Å². The SMILES string of the molecule is COc1cc(CNC(C)c2ccccc2)ccc1OCc1ccc(F)cc1Cl. The highest BCUT2D eigenvalue weighted by molar-refractivity contribution is 6.31. The van der Waals surface area contributed by atoms with Crippen molar-refractivity contribution < 1.29 is 13.9 Å². The Bertz CT molecular complexity index is 918. The molecule has 0 spiro atoms. The van der Waals surface area contributed by atoms with Crippen LogP contribution in [0.5, 0.6) is 11.5 Å². The fourth-order valence-electron chi connectivity index (χ4n) is 2.87. The van der Waals surface area contributed by atoms with Gasteiger partial charge in [-0.15, -0.1) is 0 Å². The first kappa shape index (κ1) is 20.2. The van der Waals surface area contributed by atoms with Gasteiger partial charge in [-0.05, 0) is 42.3 Å². The zero-order valence-electron chi connectivity index (χ0n) is 15.9. The maximum absolute atomic E-state index is 13.2. The number of halogens is 2. The van der Waals surface area contributed by atoms with Gasteiger partial charge in [0.2, 0.25) is 0 Å². The molecule has 1 atom stereocenters. The van der Waals surface area contributed by atoms with Gasteiger partial charge in [-0.1, -0.05) is 54.1 Å². The van der Waals surface area contributed by atoms with Gasteiger partial charge >= 0.3 is 0 Å². The average molecular weight is 400 g/mol. The summed E-state index contributed by atoms with van der Waals surface area (Å²) in [6.07, 6.45) is 0. The highest BCUT2D eigenvalue weighted by Gasteiger charge is 2.10. The van der Waals surface area contributed by atoms with Crippen LogP contribution in [0.2, 0.25) is 5.02 Å². The molecule has 0 bridgehead atoms. The molecule has 0 aliphatic rings. The van der Waals surface area contributed by atoms with E-state index >= 15 is 0 Å². The van der Waals surface area contributed by atoms with Crippen molar-refractivity contribution in [3.8, 4) is 11.5 Å². The van der Waals surface area contributed by atoms with Crippen molar-refractivity contribution >= 4 is 11.6 Å². The van der Waals surface area contributed by atoms with Gasteiger partial charge in [0.15, 0.2) is 11.5 Å². The molecule has 3 aromatic rings. The molecule has 1 N–H and O–H groups in total. The summed E-state index contributed by atoms with van der Waals surface area (Å²) < 4.78 is 24.5. The van der Waals surface area contributed by atoms with E-state index in [0.29, 0.717) is 28.6 Å². The number of rotatable bonds is 8. The topological polar surface area (TPSA) is 30.5 Å². The van der Waals surface area contributed by atoms with E-state index in [2.05, 4.69) is 24.4 Å². The quantitative estimate of drug-likeness (QED) is 0.510. The maximum Gasteiger partial charge on any atom is 0.161 e. The van der Waals surface area contributed by atoms with Crippen LogP contribution in [0.25, 0.3) is 0 Å². The van der Waals surface area contributed by atoms with Crippen molar-refractivity contribution in [1.29, 1.82) is 0 Å². The molecule has 3 nitrogen and oxygen atoms in total. The second kappa shape index (κ2) is 9.58. The standard InChI is InChI=1S/C23H23ClFNO2/c1-16(18-6-4-3-5-7-18)26-14-17-8-11-22(23(12-17)27-2)28-15-19-9-10-20(25)13-21(19)24/h3-13,16,26H,14-15H2,1-2H3. The van der Waals surface area contributed by atoms with Gasteiger partial charge in [0, 0.05) is 18.2 Å². The molecular formula is C23H23ClFNO2. The molecule has 28 heavy (non-hydrogen) atoms. The van der Waals surface area contributed by atoms with E-state index in [9.17, 15) is 4.39 Å². The molecule has 0 saturated carbocycles. The third-order valence-corrected chi connectivity index (χ3v) is 4.89. The molecule has 0 radical (unpaired) electrons. The Hall–Kier alpha value is -2.56. The van der Waals surface area contributed by atoms with Crippen LogP contribution in [-0.2, 0) is 13.2 Å². The fraction of sp³-hybridized carbons (Fsp3) is 0.217. The zero-order valence-corrected chi connectivity index (χ0v) is 16.7. The lowest BCUT2D eigenvalue weighted by Crippen LogP contribution is -2.18. The number of hydrogen-bond donors (Lipinski definition) is 1. The zero-order chi connectivity index (χ0) is 19.9. The summed E-state index contributed by atoms with van der Waals surface area (Å²) in [5.74, 6) is 0.889. The van der Waals surface area contributed by atoms with Crippen molar-refractivity contribution in [1.82, 2.24) is 5.32 Å². The molecule has 146 valence electrons. The fourth-order valence-corrected chi connectivity index (χ4v) is 3.09. The van der Waals surface area contributed by atoms with Crippen LogP contribution in [0, 0.1) is 5.82 Å². The molecule has 0 aliphatic carbocycles. The van der Waals surface area contributed by atoms with Crippen LogP contribution in [-0.4, -0.2) is 7.11 Å². The van der Waals surface area contributed by atoms with E-state index in [1.54, 1.807) is 13.2 Å². The smallest absolute Gasteiger partial charge is 0.161 e. The first-order chi connectivity index (χ1) is 13.6. The number of methoxy groups -OCH3 is 1. The maximum atomic E-state index is 13.2. The van der Waals surface area contributed by atoms with Gasteiger partial charge < -0.3 is 14.8 Å². The van der Waals surface area contributed by atoms with E-state index < -0.39 is 0 Å². The third kappa shape index (κ3) is 5.24. The van der Waals surface area contributed by atoms with Crippen molar-refractivity contribution in [2.45, 2.75) is 26.1 Å². The third-order valence-electron chi connectivity index (χ3n) is 4.54. The van der Waals surface area contributed by atoms with Crippen LogP contribution in [0.3, 0.4) is 0 Å². The molecule has 0 amide bonds. The lowest BCUT2D eigenvalue weighted by atomic mass is 10.1. The van der Waals surface area contributed by atoms with Gasteiger partial charge in [-0.2, -0.15) is 0 Å². The Kier molecular flexibility index (Phi) is 6.90. The normalized spacial score (nSPS) is 11.9. The van der Waals surface area contributed by atoms with E-state index in [4.69, 9.17) is 21.1 Å². The van der Waals surface area contributed by atoms with E-state index in [1.807, 2.05) is 36.4 Å². The minimum Gasteiger partial charge on any atom is -0.493 e. The predicted molar refractivity (Wildman–Crippen MR) is 110 cm³/mol. The lowest BCUT2D eigenvalue weighted by molar-refractivity contribution is 0.284. The number of benzene rings is 3. The Morgan fingerprint density at radius 2 is 1.79 bits per heavy atom. The Morgan fingerprint density at radius 1 is 1.00 bits per heavy atom. The lowest BCUT2D eigenvalue weighted by Gasteiger charge is -2.16. The van der Waals surface area contributed by atoms with Gasteiger partial charge in [-0.25, -0.2) is 4.39 Å². The second-order valence-electron chi connectivity index (χ2n) is 6.52. The minimum absolute atomic E-state index is 0.234. The average Bonchev–Trinajstić information content (AvgIpc) is 2.72.